The summed E-state index contributed by atoms with van der Waals surface area (Å²) in [4.78, 5) is 10.6. The average molecular weight is 257 g/mol. The first-order valence-electron chi connectivity index (χ1n) is 5.57. The molecule has 1 rings (SSSR count). The fourth-order valence-electron chi connectivity index (χ4n) is 1.64. The quantitative estimate of drug-likeness (QED) is 0.732. The van der Waals surface area contributed by atoms with Crippen LogP contribution < -0.4 is 9.47 Å². The Morgan fingerprint density at radius 1 is 1.41 bits per heavy atom. The molecule has 0 N–H and O–H groups in total. The van der Waals surface area contributed by atoms with E-state index in [-0.39, 0.29) is 5.92 Å². The van der Waals surface area contributed by atoms with Crippen molar-refractivity contribution in [3.63, 3.8) is 0 Å². The van der Waals surface area contributed by atoms with Crippen LogP contribution in [-0.2, 0) is 4.79 Å². The van der Waals surface area contributed by atoms with Crippen LogP contribution in [0.4, 0.5) is 0 Å². The van der Waals surface area contributed by atoms with Crippen LogP contribution in [-0.4, -0.2) is 20.0 Å². The summed E-state index contributed by atoms with van der Waals surface area (Å²) in [6.07, 6.45) is 1.35. The lowest BCUT2D eigenvalue weighted by atomic mass is 9.97. The van der Waals surface area contributed by atoms with Crippen molar-refractivity contribution in [1.82, 2.24) is 0 Å². The SMILES string of the molecule is CCOc1cc(OC)c(Cl)cc1C(C)CC=O. The van der Waals surface area contributed by atoms with E-state index in [9.17, 15) is 4.79 Å². The van der Waals surface area contributed by atoms with E-state index in [1.54, 1.807) is 19.2 Å². The maximum Gasteiger partial charge on any atom is 0.141 e. The van der Waals surface area contributed by atoms with Gasteiger partial charge >= 0.3 is 0 Å². The molecule has 94 valence electrons. The van der Waals surface area contributed by atoms with Crippen LogP contribution in [0.2, 0.25) is 5.02 Å². The van der Waals surface area contributed by atoms with Gasteiger partial charge < -0.3 is 14.3 Å². The fourth-order valence-corrected chi connectivity index (χ4v) is 1.89. The van der Waals surface area contributed by atoms with Gasteiger partial charge in [-0.25, -0.2) is 0 Å². The van der Waals surface area contributed by atoms with Gasteiger partial charge in [-0.2, -0.15) is 0 Å². The Bertz CT molecular complexity index is 390. The number of rotatable bonds is 6. The van der Waals surface area contributed by atoms with E-state index in [2.05, 4.69) is 0 Å². The van der Waals surface area contributed by atoms with E-state index in [1.807, 2.05) is 13.8 Å². The van der Waals surface area contributed by atoms with Crippen LogP contribution in [0, 0.1) is 0 Å². The van der Waals surface area contributed by atoms with Crippen LogP contribution in [0.15, 0.2) is 12.1 Å². The van der Waals surface area contributed by atoms with Crippen molar-refractivity contribution in [2.75, 3.05) is 13.7 Å². The van der Waals surface area contributed by atoms with Gasteiger partial charge in [0.1, 0.15) is 17.8 Å². The Kier molecular flexibility index (Phi) is 5.29. The summed E-state index contributed by atoms with van der Waals surface area (Å²) in [6, 6.07) is 3.57. The standard InChI is InChI=1S/C13H17ClO3/c1-4-17-12-8-13(16-3)11(14)7-10(12)9(2)5-6-15/h6-9H,4-5H2,1-3H3. The Labute approximate surface area is 107 Å². The first-order valence-corrected chi connectivity index (χ1v) is 5.95. The number of carbonyl (C=O) groups excluding carboxylic acids is 1. The van der Waals surface area contributed by atoms with Gasteiger partial charge in [0.05, 0.1) is 18.7 Å². The largest absolute Gasteiger partial charge is 0.495 e. The molecule has 0 bridgehead atoms. The van der Waals surface area contributed by atoms with Crippen molar-refractivity contribution in [2.24, 2.45) is 0 Å². The molecule has 0 heterocycles. The van der Waals surface area contributed by atoms with Gasteiger partial charge in [-0.1, -0.05) is 18.5 Å². The van der Waals surface area contributed by atoms with Crippen molar-refractivity contribution < 1.29 is 14.3 Å². The van der Waals surface area contributed by atoms with Crippen molar-refractivity contribution >= 4 is 17.9 Å². The van der Waals surface area contributed by atoms with E-state index in [4.69, 9.17) is 21.1 Å². The highest BCUT2D eigenvalue weighted by Gasteiger charge is 2.15. The van der Waals surface area contributed by atoms with Gasteiger partial charge in [0.2, 0.25) is 0 Å². The van der Waals surface area contributed by atoms with Crippen LogP contribution in [0.5, 0.6) is 11.5 Å². The highest BCUT2D eigenvalue weighted by Crippen LogP contribution is 2.37. The maximum atomic E-state index is 10.6. The Hall–Kier alpha value is -1.22. The molecule has 0 fully saturated rings. The summed E-state index contributed by atoms with van der Waals surface area (Å²) >= 11 is 6.08. The number of hydrogen-bond acceptors (Lipinski definition) is 3. The lowest BCUT2D eigenvalue weighted by Crippen LogP contribution is -2.02. The molecule has 0 aliphatic heterocycles. The zero-order chi connectivity index (χ0) is 12.8. The lowest BCUT2D eigenvalue weighted by Gasteiger charge is -2.16. The fraction of sp³-hybridized carbons (Fsp3) is 0.462. The first-order chi connectivity index (χ1) is 8.13. The zero-order valence-electron chi connectivity index (χ0n) is 10.3. The number of ether oxygens (including phenoxy) is 2. The second-order valence-electron chi connectivity index (χ2n) is 3.76. The van der Waals surface area contributed by atoms with Gasteiger partial charge in [-0.05, 0) is 24.5 Å². The normalized spacial score (nSPS) is 12.0. The summed E-state index contributed by atoms with van der Waals surface area (Å²) in [5, 5.41) is 0.531. The van der Waals surface area contributed by atoms with E-state index in [1.165, 1.54) is 0 Å². The first kappa shape index (κ1) is 13.8. The Morgan fingerprint density at radius 3 is 2.65 bits per heavy atom. The van der Waals surface area contributed by atoms with Gasteiger partial charge in [0.25, 0.3) is 0 Å². The molecular formula is C13H17ClO3. The summed E-state index contributed by atoms with van der Waals surface area (Å²) in [6.45, 7) is 4.44. The second-order valence-corrected chi connectivity index (χ2v) is 4.17. The average Bonchev–Trinajstić information content (AvgIpc) is 2.31. The molecule has 0 saturated heterocycles. The molecule has 1 atom stereocenters. The third-order valence-electron chi connectivity index (χ3n) is 2.56. The predicted octanol–water partition coefficient (Wildman–Crippen LogP) is 3.44. The summed E-state index contributed by atoms with van der Waals surface area (Å²) in [7, 11) is 1.56. The lowest BCUT2D eigenvalue weighted by molar-refractivity contribution is -0.108. The third-order valence-corrected chi connectivity index (χ3v) is 2.86. The molecule has 3 nitrogen and oxygen atoms in total. The molecule has 4 heteroatoms. The molecule has 1 aromatic carbocycles. The minimum absolute atomic E-state index is 0.0810. The number of carbonyl (C=O) groups is 1. The maximum absolute atomic E-state index is 10.6. The zero-order valence-corrected chi connectivity index (χ0v) is 11.1. The predicted molar refractivity (Wildman–Crippen MR) is 68.3 cm³/mol. The van der Waals surface area contributed by atoms with Crippen LogP contribution in [0.1, 0.15) is 31.7 Å². The molecule has 1 aromatic rings. The highest BCUT2D eigenvalue weighted by molar-refractivity contribution is 6.32. The monoisotopic (exact) mass is 256 g/mol. The van der Waals surface area contributed by atoms with Gasteiger partial charge in [-0.15, -0.1) is 0 Å². The van der Waals surface area contributed by atoms with Crippen molar-refractivity contribution in [3.05, 3.63) is 22.7 Å². The molecule has 0 radical (unpaired) electrons. The topological polar surface area (TPSA) is 35.5 Å². The number of hydrogen-bond donors (Lipinski definition) is 0. The van der Waals surface area contributed by atoms with Crippen molar-refractivity contribution in [3.8, 4) is 11.5 Å². The summed E-state index contributed by atoms with van der Waals surface area (Å²) in [5.41, 5.74) is 0.935. The summed E-state index contributed by atoms with van der Waals surface area (Å²) in [5.74, 6) is 1.39. The Morgan fingerprint density at radius 2 is 2.12 bits per heavy atom. The summed E-state index contributed by atoms with van der Waals surface area (Å²) < 4.78 is 10.7. The van der Waals surface area contributed by atoms with Crippen LogP contribution in [0.3, 0.4) is 0 Å². The number of halogens is 1. The highest BCUT2D eigenvalue weighted by atomic mass is 35.5. The molecule has 0 amide bonds. The third kappa shape index (κ3) is 3.37. The molecule has 0 aliphatic carbocycles. The van der Waals surface area contributed by atoms with E-state index in [0.717, 1.165) is 17.6 Å². The van der Waals surface area contributed by atoms with Gasteiger partial charge in [0.15, 0.2) is 0 Å². The molecule has 1 unspecified atom stereocenters. The van der Waals surface area contributed by atoms with Crippen molar-refractivity contribution in [1.29, 1.82) is 0 Å². The molecular weight excluding hydrogens is 240 g/mol. The van der Waals surface area contributed by atoms with Crippen LogP contribution in [0.25, 0.3) is 0 Å². The molecule has 0 spiro atoms. The van der Waals surface area contributed by atoms with E-state index >= 15 is 0 Å². The second kappa shape index (κ2) is 6.50. The Balaban J connectivity index is 3.16. The minimum Gasteiger partial charge on any atom is -0.495 e. The number of benzene rings is 1. The molecule has 0 aromatic heterocycles. The van der Waals surface area contributed by atoms with Crippen molar-refractivity contribution in [2.45, 2.75) is 26.2 Å². The minimum atomic E-state index is 0.0810. The van der Waals surface area contributed by atoms with E-state index in [0.29, 0.717) is 23.8 Å². The number of aldehydes is 1. The van der Waals surface area contributed by atoms with Gasteiger partial charge in [0, 0.05) is 12.5 Å². The number of methoxy groups -OCH3 is 1. The molecule has 17 heavy (non-hydrogen) atoms. The smallest absolute Gasteiger partial charge is 0.141 e. The van der Waals surface area contributed by atoms with E-state index < -0.39 is 0 Å². The van der Waals surface area contributed by atoms with Crippen LogP contribution >= 0.6 is 11.6 Å². The van der Waals surface area contributed by atoms with Gasteiger partial charge in [-0.3, -0.25) is 0 Å². The molecule has 0 aliphatic rings. The molecule has 0 saturated carbocycles.